The molecule has 0 aromatic carbocycles. The second-order valence-electron chi connectivity index (χ2n) is 9.61. The minimum atomic E-state index is -0.795. The van der Waals surface area contributed by atoms with Gasteiger partial charge in [-0.15, -0.1) is 0 Å². The summed E-state index contributed by atoms with van der Waals surface area (Å²) in [5, 5.41) is 13.9. The van der Waals surface area contributed by atoms with E-state index in [4.69, 9.17) is 4.52 Å². The summed E-state index contributed by atoms with van der Waals surface area (Å²) in [6.07, 6.45) is 6.86. The summed E-state index contributed by atoms with van der Waals surface area (Å²) in [6, 6.07) is 0. The van der Waals surface area contributed by atoms with Crippen LogP contribution in [0.15, 0.2) is 4.52 Å². The highest BCUT2D eigenvalue weighted by molar-refractivity contribution is 5.82. The average Bonchev–Trinajstić information content (AvgIpc) is 3.14. The quantitative estimate of drug-likeness (QED) is 0.737. The summed E-state index contributed by atoms with van der Waals surface area (Å²) in [6.45, 7) is 6.13. The number of nitrogens with zero attached hydrogens (tertiary/aromatic N) is 1. The van der Waals surface area contributed by atoms with Crippen LogP contribution in [0.25, 0.3) is 0 Å². The van der Waals surface area contributed by atoms with E-state index in [0.29, 0.717) is 24.7 Å². The van der Waals surface area contributed by atoms with Crippen LogP contribution in [-0.4, -0.2) is 22.0 Å². The molecule has 0 saturated heterocycles. The minimum absolute atomic E-state index is 0.0793. The van der Waals surface area contributed by atoms with Crippen LogP contribution in [0.5, 0.6) is 0 Å². The van der Waals surface area contributed by atoms with Crippen LogP contribution < -0.4 is 0 Å². The topological polar surface area (TPSA) is 80.4 Å². The predicted molar refractivity (Wildman–Crippen MR) is 101 cm³/mol. The van der Waals surface area contributed by atoms with Gasteiger partial charge in [-0.05, 0) is 69.6 Å². The molecular weight excluding hydrogens is 342 g/mol. The van der Waals surface area contributed by atoms with Crippen LogP contribution in [0.3, 0.4) is 0 Å². The molecule has 5 heteroatoms. The SMILES string of the molecule is CC(=O)[C@H]1C[C@@H](C(=O)O)C[C@@H]1c1noc(C2CC(CC(C)C)C2)c1C1CC1. The van der Waals surface area contributed by atoms with Gasteiger partial charge < -0.3 is 9.63 Å². The van der Waals surface area contributed by atoms with Crippen LogP contribution >= 0.6 is 0 Å². The van der Waals surface area contributed by atoms with E-state index in [0.717, 1.165) is 36.1 Å². The molecular formula is C22H31NO4. The van der Waals surface area contributed by atoms with Gasteiger partial charge in [0.1, 0.15) is 11.5 Å². The molecule has 3 aliphatic carbocycles. The average molecular weight is 373 g/mol. The number of carboxylic acids is 1. The molecule has 0 radical (unpaired) electrons. The number of hydrogen-bond donors (Lipinski definition) is 1. The number of ketones is 1. The smallest absolute Gasteiger partial charge is 0.306 e. The zero-order valence-electron chi connectivity index (χ0n) is 16.6. The first-order valence-electron chi connectivity index (χ1n) is 10.6. The first-order chi connectivity index (χ1) is 12.8. The summed E-state index contributed by atoms with van der Waals surface area (Å²) in [7, 11) is 0. The molecule has 0 unspecified atom stereocenters. The largest absolute Gasteiger partial charge is 0.481 e. The predicted octanol–water partition coefficient (Wildman–Crippen LogP) is 4.88. The Morgan fingerprint density at radius 2 is 1.85 bits per heavy atom. The number of hydrogen-bond acceptors (Lipinski definition) is 4. The summed E-state index contributed by atoms with van der Waals surface area (Å²) in [4.78, 5) is 23.7. The Morgan fingerprint density at radius 1 is 1.15 bits per heavy atom. The van der Waals surface area contributed by atoms with Gasteiger partial charge in [-0.3, -0.25) is 9.59 Å². The van der Waals surface area contributed by atoms with E-state index in [1.165, 1.54) is 24.8 Å². The third kappa shape index (κ3) is 3.57. The molecule has 0 bridgehead atoms. The molecule has 0 amide bonds. The number of carboxylic acid groups (broad SMARTS) is 1. The lowest BCUT2D eigenvalue weighted by Gasteiger charge is -2.35. The van der Waals surface area contributed by atoms with Crippen LogP contribution in [0, 0.1) is 23.7 Å². The van der Waals surface area contributed by atoms with Gasteiger partial charge in [0.15, 0.2) is 0 Å². The molecule has 3 fully saturated rings. The van der Waals surface area contributed by atoms with Crippen molar-refractivity contribution in [2.75, 3.05) is 0 Å². The lowest BCUT2D eigenvalue weighted by Crippen LogP contribution is -2.24. The standard InChI is InChI=1S/C22H31NO4/c1-11(2)6-13-7-15(8-13)21-19(14-4-5-14)20(23-27-21)18-10-16(22(25)26)9-17(18)12(3)24/h11,13-18H,4-10H2,1-3H3,(H,25,26)/t13?,15?,16-,17-,18+/m1/s1. The summed E-state index contributed by atoms with van der Waals surface area (Å²) in [5.41, 5.74) is 2.15. The van der Waals surface area contributed by atoms with E-state index in [1.807, 2.05) is 0 Å². The molecule has 3 aliphatic rings. The number of aliphatic carboxylic acids is 1. The molecule has 0 aliphatic heterocycles. The highest BCUT2D eigenvalue weighted by Crippen LogP contribution is 2.54. The summed E-state index contributed by atoms with van der Waals surface area (Å²) in [5.74, 6) is 2.02. The third-order valence-electron chi connectivity index (χ3n) is 6.97. The van der Waals surface area contributed by atoms with Crippen molar-refractivity contribution < 1.29 is 19.2 Å². The van der Waals surface area contributed by atoms with Gasteiger partial charge >= 0.3 is 5.97 Å². The molecule has 3 saturated carbocycles. The fourth-order valence-corrected chi connectivity index (χ4v) is 5.47. The maximum atomic E-state index is 12.2. The van der Waals surface area contributed by atoms with E-state index in [-0.39, 0.29) is 17.6 Å². The molecule has 4 rings (SSSR count). The maximum absolute atomic E-state index is 12.2. The van der Waals surface area contributed by atoms with Gasteiger partial charge in [0, 0.05) is 23.3 Å². The zero-order valence-corrected chi connectivity index (χ0v) is 16.6. The van der Waals surface area contributed by atoms with Crippen LogP contribution in [0.4, 0.5) is 0 Å². The molecule has 27 heavy (non-hydrogen) atoms. The molecule has 3 atom stereocenters. The number of carbonyl (C=O) groups excluding carboxylic acids is 1. The fraction of sp³-hybridized carbons (Fsp3) is 0.773. The number of aromatic nitrogens is 1. The highest BCUT2D eigenvalue weighted by Gasteiger charge is 2.47. The van der Waals surface area contributed by atoms with E-state index in [1.54, 1.807) is 6.92 Å². The van der Waals surface area contributed by atoms with E-state index >= 15 is 0 Å². The molecule has 1 N–H and O–H groups in total. The Kier molecular flexibility index (Phi) is 4.89. The van der Waals surface area contributed by atoms with Gasteiger partial charge in [0.05, 0.1) is 11.6 Å². The van der Waals surface area contributed by atoms with Crippen molar-refractivity contribution in [1.82, 2.24) is 5.16 Å². The van der Waals surface area contributed by atoms with Crippen molar-refractivity contribution in [1.29, 1.82) is 0 Å². The van der Waals surface area contributed by atoms with Gasteiger partial charge in [-0.1, -0.05) is 19.0 Å². The van der Waals surface area contributed by atoms with Crippen molar-refractivity contribution in [3.8, 4) is 0 Å². The molecule has 0 spiro atoms. The Hall–Kier alpha value is -1.65. The van der Waals surface area contributed by atoms with Gasteiger partial charge in [-0.2, -0.15) is 0 Å². The van der Waals surface area contributed by atoms with E-state index in [9.17, 15) is 14.7 Å². The fourth-order valence-electron chi connectivity index (χ4n) is 5.47. The molecule has 1 aromatic rings. The lowest BCUT2D eigenvalue weighted by atomic mass is 9.69. The summed E-state index contributed by atoms with van der Waals surface area (Å²) >= 11 is 0. The lowest BCUT2D eigenvalue weighted by molar-refractivity contribution is -0.141. The summed E-state index contributed by atoms with van der Waals surface area (Å²) < 4.78 is 5.88. The van der Waals surface area contributed by atoms with Crippen molar-refractivity contribution in [3.63, 3.8) is 0 Å². The second-order valence-corrected chi connectivity index (χ2v) is 9.61. The number of Topliss-reactive ketones (excluding diaryl/α,β-unsaturated/α-hetero) is 1. The van der Waals surface area contributed by atoms with Crippen molar-refractivity contribution >= 4 is 11.8 Å². The zero-order chi connectivity index (χ0) is 19.3. The molecule has 1 aromatic heterocycles. The van der Waals surface area contributed by atoms with Crippen molar-refractivity contribution in [3.05, 3.63) is 17.0 Å². The Bertz CT molecular complexity index is 727. The Labute approximate surface area is 160 Å². The van der Waals surface area contributed by atoms with Gasteiger partial charge in [0.2, 0.25) is 0 Å². The number of carbonyl (C=O) groups is 2. The van der Waals surface area contributed by atoms with Crippen LogP contribution in [0.1, 0.15) is 100 Å². The van der Waals surface area contributed by atoms with E-state index < -0.39 is 11.9 Å². The number of rotatable bonds is 7. The monoisotopic (exact) mass is 373 g/mol. The third-order valence-corrected chi connectivity index (χ3v) is 6.97. The second kappa shape index (κ2) is 7.06. The highest BCUT2D eigenvalue weighted by atomic mass is 16.5. The van der Waals surface area contributed by atoms with Crippen LogP contribution in [0.2, 0.25) is 0 Å². The van der Waals surface area contributed by atoms with Gasteiger partial charge in [0.25, 0.3) is 0 Å². The Morgan fingerprint density at radius 3 is 2.41 bits per heavy atom. The molecule has 1 heterocycles. The van der Waals surface area contributed by atoms with E-state index in [2.05, 4.69) is 19.0 Å². The first-order valence-corrected chi connectivity index (χ1v) is 10.6. The van der Waals surface area contributed by atoms with Crippen molar-refractivity contribution in [2.24, 2.45) is 23.7 Å². The molecule has 148 valence electrons. The maximum Gasteiger partial charge on any atom is 0.306 e. The van der Waals surface area contributed by atoms with Gasteiger partial charge in [-0.25, -0.2) is 0 Å². The minimum Gasteiger partial charge on any atom is -0.481 e. The van der Waals surface area contributed by atoms with Crippen molar-refractivity contribution in [2.45, 2.75) is 83.5 Å². The first kappa shape index (κ1) is 18.7. The molecule has 5 nitrogen and oxygen atoms in total. The normalized spacial score (nSPS) is 33.3. The van der Waals surface area contributed by atoms with Crippen LogP contribution in [-0.2, 0) is 9.59 Å². The Balaban J connectivity index is 1.58.